The van der Waals surface area contributed by atoms with Gasteiger partial charge in [-0.05, 0) is 28.3 Å². The molecule has 31 heavy (non-hydrogen) atoms. The Morgan fingerprint density at radius 2 is 1.61 bits per heavy atom. The molecule has 0 saturated carbocycles. The molecule has 4 rings (SSSR count). The summed E-state index contributed by atoms with van der Waals surface area (Å²) < 4.78 is 7.58. The maximum absolute atomic E-state index is 12.3. The molecule has 1 N–H and O–H groups in total. The summed E-state index contributed by atoms with van der Waals surface area (Å²) in [5.74, 6) is 0.583. The van der Waals surface area contributed by atoms with E-state index in [2.05, 4.69) is 27.5 Å². The van der Waals surface area contributed by atoms with E-state index in [4.69, 9.17) is 4.74 Å². The lowest BCUT2D eigenvalue weighted by Gasteiger charge is -2.12. The number of aromatic nitrogens is 3. The van der Waals surface area contributed by atoms with Crippen molar-refractivity contribution < 1.29 is 9.53 Å². The molecular formula is C25H24N4O2. The largest absolute Gasteiger partial charge is 0.483 e. The Kier molecular flexibility index (Phi) is 6.70. The second kappa shape index (κ2) is 10.2. The summed E-state index contributed by atoms with van der Waals surface area (Å²) in [5.41, 5.74) is 4.42. The number of ether oxygens (including phenoxy) is 1. The second-order valence-electron chi connectivity index (χ2n) is 7.25. The number of nitrogens with one attached hydrogen (secondary N) is 1. The molecule has 6 heteroatoms. The van der Waals surface area contributed by atoms with Crippen LogP contribution in [0.25, 0.3) is 0 Å². The van der Waals surface area contributed by atoms with Crippen LogP contribution in [0.4, 0.5) is 0 Å². The molecule has 1 aromatic heterocycles. The molecule has 0 aliphatic rings. The highest BCUT2D eigenvalue weighted by Gasteiger charge is 2.08. The lowest BCUT2D eigenvalue weighted by Crippen LogP contribution is -2.28. The van der Waals surface area contributed by atoms with Gasteiger partial charge in [0.25, 0.3) is 5.91 Å². The normalized spacial score (nSPS) is 10.6. The standard InChI is InChI=1S/C25H24N4O2/c30-25(27-15-21-10-12-22(13-11-21)16-29-19-26-18-28-29)17-31-24-9-5-4-8-23(24)14-20-6-2-1-3-7-20/h1-13,18-19H,14-17H2,(H,27,30). The number of hydrogen-bond acceptors (Lipinski definition) is 4. The molecule has 4 aromatic rings. The molecule has 3 aromatic carbocycles. The molecule has 0 fully saturated rings. The van der Waals surface area contributed by atoms with Crippen molar-refractivity contribution in [1.82, 2.24) is 20.1 Å². The highest BCUT2D eigenvalue weighted by Crippen LogP contribution is 2.21. The molecule has 156 valence electrons. The Balaban J connectivity index is 1.26. The third-order valence-electron chi connectivity index (χ3n) is 4.89. The Morgan fingerprint density at radius 1 is 0.871 bits per heavy atom. The lowest BCUT2D eigenvalue weighted by atomic mass is 10.0. The summed E-state index contributed by atoms with van der Waals surface area (Å²) in [6.07, 6.45) is 3.97. The summed E-state index contributed by atoms with van der Waals surface area (Å²) in [5, 5.41) is 7.01. The zero-order valence-corrected chi connectivity index (χ0v) is 17.1. The van der Waals surface area contributed by atoms with Gasteiger partial charge in [0.15, 0.2) is 6.61 Å². The van der Waals surface area contributed by atoms with E-state index in [1.165, 1.54) is 11.9 Å². The SMILES string of the molecule is O=C(COc1ccccc1Cc1ccccc1)NCc1ccc(Cn2cncn2)cc1. The Morgan fingerprint density at radius 3 is 2.39 bits per heavy atom. The third-order valence-corrected chi connectivity index (χ3v) is 4.89. The van der Waals surface area contributed by atoms with Crippen molar-refractivity contribution in [2.45, 2.75) is 19.5 Å². The van der Waals surface area contributed by atoms with Crippen molar-refractivity contribution in [3.63, 3.8) is 0 Å². The van der Waals surface area contributed by atoms with Gasteiger partial charge in [-0.15, -0.1) is 0 Å². The van der Waals surface area contributed by atoms with Gasteiger partial charge in [-0.3, -0.25) is 4.79 Å². The van der Waals surface area contributed by atoms with Crippen LogP contribution in [0.15, 0.2) is 91.5 Å². The van der Waals surface area contributed by atoms with Crippen LogP contribution in [0.5, 0.6) is 5.75 Å². The molecule has 0 radical (unpaired) electrons. The molecule has 0 aliphatic carbocycles. The number of carbonyl (C=O) groups excluding carboxylic acids is 1. The van der Waals surface area contributed by atoms with Crippen LogP contribution in [0.3, 0.4) is 0 Å². The van der Waals surface area contributed by atoms with Crippen molar-refractivity contribution in [3.05, 3.63) is 114 Å². The van der Waals surface area contributed by atoms with Crippen molar-refractivity contribution in [3.8, 4) is 5.75 Å². The van der Waals surface area contributed by atoms with Crippen LogP contribution >= 0.6 is 0 Å². The fourth-order valence-corrected chi connectivity index (χ4v) is 3.27. The van der Waals surface area contributed by atoms with Gasteiger partial charge >= 0.3 is 0 Å². The molecule has 0 bridgehead atoms. The summed E-state index contributed by atoms with van der Waals surface area (Å²) in [4.78, 5) is 16.2. The molecule has 0 saturated heterocycles. The number of carbonyl (C=O) groups is 1. The zero-order chi connectivity index (χ0) is 21.3. The van der Waals surface area contributed by atoms with Gasteiger partial charge in [-0.1, -0.05) is 72.8 Å². The van der Waals surface area contributed by atoms with E-state index in [-0.39, 0.29) is 12.5 Å². The fraction of sp³-hybridized carbons (Fsp3) is 0.160. The average Bonchev–Trinajstić information content (AvgIpc) is 3.32. The van der Waals surface area contributed by atoms with E-state index < -0.39 is 0 Å². The number of rotatable bonds is 9. The summed E-state index contributed by atoms with van der Waals surface area (Å²) >= 11 is 0. The highest BCUT2D eigenvalue weighted by molar-refractivity contribution is 5.77. The summed E-state index contributed by atoms with van der Waals surface area (Å²) in [6.45, 7) is 1.11. The molecule has 0 atom stereocenters. The molecule has 0 spiro atoms. The lowest BCUT2D eigenvalue weighted by molar-refractivity contribution is -0.123. The first kappa shape index (κ1) is 20.3. The first-order chi connectivity index (χ1) is 15.3. The van der Waals surface area contributed by atoms with Gasteiger partial charge in [-0.25, -0.2) is 9.67 Å². The third kappa shape index (κ3) is 6.02. The summed E-state index contributed by atoms with van der Waals surface area (Å²) in [6, 6.07) is 26.1. The van der Waals surface area contributed by atoms with Crippen molar-refractivity contribution in [2.24, 2.45) is 0 Å². The number of nitrogens with zero attached hydrogens (tertiary/aromatic N) is 3. The number of hydrogen-bond donors (Lipinski definition) is 1. The summed E-state index contributed by atoms with van der Waals surface area (Å²) in [7, 11) is 0. The van der Waals surface area contributed by atoms with E-state index in [0.29, 0.717) is 13.1 Å². The molecule has 0 unspecified atom stereocenters. The first-order valence-corrected chi connectivity index (χ1v) is 10.2. The van der Waals surface area contributed by atoms with Crippen LogP contribution in [-0.4, -0.2) is 27.3 Å². The van der Waals surface area contributed by atoms with Gasteiger partial charge < -0.3 is 10.1 Å². The minimum absolute atomic E-state index is 0.0177. The monoisotopic (exact) mass is 412 g/mol. The van der Waals surface area contributed by atoms with Gasteiger partial charge in [0.05, 0.1) is 6.54 Å². The van der Waals surface area contributed by atoms with Crippen molar-refractivity contribution >= 4 is 5.91 Å². The van der Waals surface area contributed by atoms with Crippen LogP contribution in [0.1, 0.15) is 22.3 Å². The van der Waals surface area contributed by atoms with Gasteiger partial charge in [0, 0.05) is 13.0 Å². The second-order valence-corrected chi connectivity index (χ2v) is 7.25. The molecule has 6 nitrogen and oxygen atoms in total. The first-order valence-electron chi connectivity index (χ1n) is 10.2. The van der Waals surface area contributed by atoms with Gasteiger partial charge in [0.2, 0.25) is 0 Å². The minimum atomic E-state index is -0.152. The average molecular weight is 412 g/mol. The van der Waals surface area contributed by atoms with E-state index in [1.54, 1.807) is 11.0 Å². The van der Waals surface area contributed by atoms with E-state index >= 15 is 0 Å². The predicted molar refractivity (Wildman–Crippen MR) is 119 cm³/mol. The van der Waals surface area contributed by atoms with Crippen molar-refractivity contribution in [2.75, 3.05) is 6.61 Å². The van der Waals surface area contributed by atoms with E-state index in [9.17, 15) is 4.79 Å². The van der Waals surface area contributed by atoms with E-state index in [1.807, 2.05) is 66.7 Å². The fourth-order valence-electron chi connectivity index (χ4n) is 3.27. The van der Waals surface area contributed by atoms with Gasteiger partial charge in [0.1, 0.15) is 18.4 Å². The smallest absolute Gasteiger partial charge is 0.258 e. The maximum atomic E-state index is 12.3. The van der Waals surface area contributed by atoms with Gasteiger partial charge in [-0.2, -0.15) is 5.10 Å². The number of benzene rings is 3. The molecule has 1 amide bonds. The Hall–Kier alpha value is -3.93. The molecular weight excluding hydrogens is 388 g/mol. The minimum Gasteiger partial charge on any atom is -0.483 e. The zero-order valence-electron chi connectivity index (χ0n) is 17.1. The highest BCUT2D eigenvalue weighted by atomic mass is 16.5. The molecule has 1 heterocycles. The topological polar surface area (TPSA) is 69.0 Å². The van der Waals surface area contributed by atoms with Crippen molar-refractivity contribution in [1.29, 1.82) is 0 Å². The maximum Gasteiger partial charge on any atom is 0.258 e. The van der Waals surface area contributed by atoms with Crippen LogP contribution in [-0.2, 0) is 24.3 Å². The number of amides is 1. The Bertz CT molecular complexity index is 1090. The van der Waals surface area contributed by atoms with E-state index in [0.717, 1.165) is 28.9 Å². The van der Waals surface area contributed by atoms with Crippen LogP contribution < -0.4 is 10.1 Å². The number of para-hydroxylation sites is 1. The Labute approximate surface area is 181 Å². The quantitative estimate of drug-likeness (QED) is 0.456. The predicted octanol–water partition coefficient (Wildman–Crippen LogP) is 3.61. The van der Waals surface area contributed by atoms with Crippen LogP contribution in [0, 0.1) is 0 Å². The van der Waals surface area contributed by atoms with Crippen LogP contribution in [0.2, 0.25) is 0 Å². The molecule has 0 aliphatic heterocycles.